The highest BCUT2D eigenvalue weighted by atomic mass is 16.6. The molecule has 1 aliphatic rings. The lowest BCUT2D eigenvalue weighted by molar-refractivity contribution is -0.385. The third kappa shape index (κ3) is 3.20. The summed E-state index contributed by atoms with van der Waals surface area (Å²) in [6, 6.07) is 2.04. The van der Waals surface area contributed by atoms with Crippen LogP contribution in [0.2, 0.25) is 0 Å². The molecule has 104 valence electrons. The molecule has 1 N–H and O–H groups in total. The van der Waals surface area contributed by atoms with Gasteiger partial charge >= 0.3 is 0 Å². The maximum absolute atomic E-state index is 10.7. The zero-order valence-corrected chi connectivity index (χ0v) is 11.4. The van der Waals surface area contributed by atoms with E-state index in [0.717, 1.165) is 43.7 Å². The van der Waals surface area contributed by atoms with Crippen molar-refractivity contribution in [2.24, 2.45) is 0 Å². The number of hydrogen-bond donors (Lipinski definition) is 1. The van der Waals surface area contributed by atoms with E-state index in [9.17, 15) is 10.1 Å². The Balaban J connectivity index is 2.18. The number of nitro groups is 1. The first-order valence-corrected chi connectivity index (χ1v) is 6.64. The first-order valence-electron chi connectivity index (χ1n) is 6.64. The number of aryl methyl sites for hydroxylation is 1. The van der Waals surface area contributed by atoms with Gasteiger partial charge in [-0.3, -0.25) is 10.1 Å². The minimum absolute atomic E-state index is 0.0529. The van der Waals surface area contributed by atoms with E-state index in [4.69, 9.17) is 0 Å². The molecule has 1 fully saturated rings. The van der Waals surface area contributed by atoms with Crippen molar-refractivity contribution >= 4 is 11.5 Å². The number of pyridine rings is 1. The average Bonchev–Trinajstić information content (AvgIpc) is 2.66. The van der Waals surface area contributed by atoms with Crippen LogP contribution in [0.1, 0.15) is 24.8 Å². The van der Waals surface area contributed by atoms with E-state index in [1.807, 2.05) is 14.0 Å². The van der Waals surface area contributed by atoms with Crippen molar-refractivity contribution in [1.29, 1.82) is 0 Å². The number of hydrogen-bond acceptors (Lipinski definition) is 5. The van der Waals surface area contributed by atoms with Crippen molar-refractivity contribution < 1.29 is 4.92 Å². The largest absolute Gasteiger partial charge is 0.356 e. The standard InChI is InChI=1S/C13H20N4O2/c1-10-8-12(17(18)19)9-15-13(10)16(2)11-4-3-6-14-7-5-11/h8-9,11,14H,3-7H2,1-2H3. The molecule has 0 amide bonds. The zero-order chi connectivity index (χ0) is 13.8. The third-order valence-corrected chi connectivity index (χ3v) is 3.67. The summed E-state index contributed by atoms with van der Waals surface area (Å²) in [7, 11) is 2.02. The normalized spacial score (nSPS) is 19.8. The smallest absolute Gasteiger partial charge is 0.287 e. The Morgan fingerprint density at radius 1 is 1.47 bits per heavy atom. The molecule has 1 aromatic rings. The van der Waals surface area contributed by atoms with Crippen molar-refractivity contribution in [2.45, 2.75) is 32.2 Å². The molecule has 2 heterocycles. The molecule has 0 bridgehead atoms. The number of anilines is 1. The van der Waals surface area contributed by atoms with E-state index < -0.39 is 4.92 Å². The molecule has 0 spiro atoms. The van der Waals surface area contributed by atoms with Gasteiger partial charge in [0.25, 0.3) is 5.69 Å². The van der Waals surface area contributed by atoms with Crippen LogP contribution in [0.5, 0.6) is 0 Å². The van der Waals surface area contributed by atoms with Gasteiger partial charge in [0.15, 0.2) is 0 Å². The van der Waals surface area contributed by atoms with Gasteiger partial charge in [0.05, 0.1) is 4.92 Å². The fourth-order valence-corrected chi connectivity index (χ4v) is 2.58. The average molecular weight is 264 g/mol. The Morgan fingerprint density at radius 2 is 2.26 bits per heavy atom. The second kappa shape index (κ2) is 5.97. The molecule has 2 rings (SSSR count). The van der Waals surface area contributed by atoms with E-state index in [-0.39, 0.29) is 5.69 Å². The molecule has 6 heteroatoms. The predicted octanol–water partition coefficient (Wildman–Crippen LogP) is 1.88. The number of nitrogens with zero attached hydrogens (tertiary/aromatic N) is 3. The molecule has 1 aliphatic heterocycles. The molecule has 0 aliphatic carbocycles. The lowest BCUT2D eigenvalue weighted by atomic mass is 10.1. The van der Waals surface area contributed by atoms with Gasteiger partial charge in [-0.15, -0.1) is 0 Å². The molecule has 1 saturated heterocycles. The highest BCUT2D eigenvalue weighted by Crippen LogP contribution is 2.24. The Kier molecular flexibility index (Phi) is 4.31. The molecule has 1 unspecified atom stereocenters. The highest BCUT2D eigenvalue weighted by molar-refractivity contribution is 5.50. The molecular weight excluding hydrogens is 244 g/mol. The van der Waals surface area contributed by atoms with Gasteiger partial charge in [-0.05, 0) is 44.8 Å². The maximum Gasteiger partial charge on any atom is 0.287 e. The Morgan fingerprint density at radius 3 is 2.95 bits per heavy atom. The van der Waals surface area contributed by atoms with Gasteiger partial charge in [-0.2, -0.15) is 0 Å². The summed E-state index contributed by atoms with van der Waals surface area (Å²) in [5.74, 6) is 0.845. The van der Waals surface area contributed by atoms with E-state index in [1.54, 1.807) is 6.07 Å². The number of aromatic nitrogens is 1. The minimum atomic E-state index is -0.403. The van der Waals surface area contributed by atoms with Crippen molar-refractivity contribution in [3.63, 3.8) is 0 Å². The van der Waals surface area contributed by atoms with Crippen LogP contribution < -0.4 is 10.2 Å². The Hall–Kier alpha value is -1.69. The lowest BCUT2D eigenvalue weighted by Crippen LogP contribution is -2.33. The number of rotatable bonds is 3. The second-order valence-corrected chi connectivity index (χ2v) is 5.04. The van der Waals surface area contributed by atoms with E-state index in [1.165, 1.54) is 6.20 Å². The first-order chi connectivity index (χ1) is 9.09. The predicted molar refractivity (Wildman–Crippen MR) is 74.5 cm³/mol. The molecule has 0 aromatic carbocycles. The van der Waals surface area contributed by atoms with Crippen molar-refractivity contribution in [2.75, 3.05) is 25.0 Å². The van der Waals surface area contributed by atoms with Crippen molar-refractivity contribution in [3.8, 4) is 0 Å². The van der Waals surface area contributed by atoms with Crippen molar-refractivity contribution in [1.82, 2.24) is 10.3 Å². The fourth-order valence-electron chi connectivity index (χ4n) is 2.58. The summed E-state index contributed by atoms with van der Waals surface area (Å²) in [6.07, 6.45) is 4.70. The maximum atomic E-state index is 10.7. The van der Waals surface area contributed by atoms with Crippen LogP contribution in [0, 0.1) is 17.0 Å². The molecule has 0 saturated carbocycles. The van der Waals surface area contributed by atoms with Gasteiger partial charge < -0.3 is 10.2 Å². The molecule has 1 atom stereocenters. The van der Waals surface area contributed by atoms with Crippen LogP contribution in [0.3, 0.4) is 0 Å². The lowest BCUT2D eigenvalue weighted by Gasteiger charge is -2.29. The van der Waals surface area contributed by atoms with Gasteiger partial charge in [0.2, 0.25) is 0 Å². The van der Waals surface area contributed by atoms with Crippen LogP contribution in [0.15, 0.2) is 12.3 Å². The minimum Gasteiger partial charge on any atom is -0.356 e. The van der Waals surface area contributed by atoms with E-state index in [0.29, 0.717) is 6.04 Å². The number of nitrogens with one attached hydrogen (secondary N) is 1. The summed E-state index contributed by atoms with van der Waals surface area (Å²) in [5.41, 5.74) is 0.908. The van der Waals surface area contributed by atoms with Gasteiger partial charge in [-0.25, -0.2) is 4.98 Å². The molecule has 19 heavy (non-hydrogen) atoms. The van der Waals surface area contributed by atoms with Crippen LogP contribution in [0.25, 0.3) is 0 Å². The highest BCUT2D eigenvalue weighted by Gasteiger charge is 2.20. The summed E-state index contributed by atoms with van der Waals surface area (Å²) >= 11 is 0. The van der Waals surface area contributed by atoms with Gasteiger partial charge in [-0.1, -0.05) is 0 Å². The summed E-state index contributed by atoms with van der Waals surface area (Å²) < 4.78 is 0. The second-order valence-electron chi connectivity index (χ2n) is 5.04. The molecule has 0 radical (unpaired) electrons. The van der Waals surface area contributed by atoms with Gasteiger partial charge in [0.1, 0.15) is 12.0 Å². The van der Waals surface area contributed by atoms with E-state index >= 15 is 0 Å². The Bertz CT molecular complexity index is 456. The third-order valence-electron chi connectivity index (χ3n) is 3.67. The summed E-state index contributed by atoms with van der Waals surface area (Å²) in [5, 5.41) is 14.1. The quantitative estimate of drug-likeness (QED) is 0.666. The van der Waals surface area contributed by atoms with Crippen LogP contribution in [-0.4, -0.2) is 36.1 Å². The van der Waals surface area contributed by atoms with Gasteiger partial charge in [0, 0.05) is 19.2 Å². The van der Waals surface area contributed by atoms with E-state index in [2.05, 4.69) is 15.2 Å². The van der Waals surface area contributed by atoms with Crippen LogP contribution in [-0.2, 0) is 0 Å². The monoisotopic (exact) mass is 264 g/mol. The summed E-state index contributed by atoms with van der Waals surface area (Å²) in [4.78, 5) is 16.7. The van der Waals surface area contributed by atoms with Crippen molar-refractivity contribution in [3.05, 3.63) is 27.9 Å². The molecular formula is C13H20N4O2. The topological polar surface area (TPSA) is 71.3 Å². The fraction of sp³-hybridized carbons (Fsp3) is 0.615. The molecule has 1 aromatic heterocycles. The van der Waals surface area contributed by atoms with Crippen LogP contribution in [0.4, 0.5) is 11.5 Å². The molecule has 6 nitrogen and oxygen atoms in total. The SMILES string of the molecule is Cc1cc([N+](=O)[O-])cnc1N(C)C1CCCNCC1. The van der Waals surface area contributed by atoms with Crippen LogP contribution >= 0.6 is 0 Å². The zero-order valence-electron chi connectivity index (χ0n) is 11.4. The summed E-state index contributed by atoms with van der Waals surface area (Å²) in [6.45, 7) is 3.96. The first kappa shape index (κ1) is 13.7. The Labute approximate surface area is 113 Å².